The summed E-state index contributed by atoms with van der Waals surface area (Å²) < 4.78 is 53.3. The molecule has 0 spiro atoms. The first kappa shape index (κ1) is 17.3. The van der Waals surface area contributed by atoms with Gasteiger partial charge in [-0.05, 0) is 43.1 Å². The molecule has 1 aromatic rings. The zero-order chi connectivity index (χ0) is 16.4. The molecular weight excluding hydrogens is 292 g/mol. The van der Waals surface area contributed by atoms with Crippen molar-refractivity contribution in [2.24, 2.45) is 5.92 Å². The molecule has 1 fully saturated rings. The number of hydrogen-bond acceptors (Lipinski definition) is 0. The van der Waals surface area contributed by atoms with Gasteiger partial charge in [0.25, 0.3) is 0 Å². The van der Waals surface area contributed by atoms with Gasteiger partial charge in [-0.3, -0.25) is 0 Å². The van der Waals surface area contributed by atoms with Gasteiger partial charge in [0.05, 0.1) is 0 Å². The number of benzene rings is 1. The predicted octanol–water partition coefficient (Wildman–Crippen LogP) is 6.51. The summed E-state index contributed by atoms with van der Waals surface area (Å²) in [6, 6.07) is 5.51. The average Bonchev–Trinajstić information content (AvgIpc) is 2.47. The minimum atomic E-state index is -4.12. The van der Waals surface area contributed by atoms with Gasteiger partial charge in [0.1, 0.15) is 0 Å². The third-order valence-corrected chi connectivity index (χ3v) is 4.84. The van der Waals surface area contributed by atoms with Crippen LogP contribution in [0.3, 0.4) is 0 Å². The monoisotopic (exact) mass is 316 g/mol. The molecule has 0 radical (unpaired) electrons. The Kier molecular flexibility index (Phi) is 5.18. The van der Waals surface area contributed by atoms with Crippen LogP contribution in [0.25, 0.3) is 0 Å². The first-order chi connectivity index (χ1) is 10.3. The van der Waals surface area contributed by atoms with Crippen LogP contribution >= 0.6 is 0 Å². The van der Waals surface area contributed by atoms with Crippen LogP contribution < -0.4 is 0 Å². The van der Waals surface area contributed by atoms with Crippen LogP contribution in [0, 0.1) is 5.92 Å². The number of hydrogen-bond donors (Lipinski definition) is 0. The highest BCUT2D eigenvalue weighted by atomic mass is 19.3. The second kappa shape index (κ2) is 6.59. The van der Waals surface area contributed by atoms with Gasteiger partial charge in [0.2, 0.25) is 0 Å². The van der Waals surface area contributed by atoms with Crippen molar-refractivity contribution in [3.63, 3.8) is 0 Å². The standard InChI is InChI=1S/C18H24F4/c1-3-4-13-5-7-14(8-6-13)15-9-11-16(12-10-15)18(21,22)17(2,19)20/h9-14H,3-8H2,1-2H3/t13-,14-. The summed E-state index contributed by atoms with van der Waals surface area (Å²) in [6.07, 6.45) is 6.91. The van der Waals surface area contributed by atoms with E-state index in [1.54, 1.807) is 12.1 Å². The lowest BCUT2D eigenvalue weighted by atomic mass is 9.77. The molecule has 0 heterocycles. The summed E-state index contributed by atoms with van der Waals surface area (Å²) in [5.74, 6) is -7.02. The molecule has 1 aliphatic carbocycles. The fourth-order valence-electron chi connectivity index (χ4n) is 3.41. The van der Waals surface area contributed by atoms with Crippen LogP contribution in [-0.4, -0.2) is 5.92 Å². The van der Waals surface area contributed by atoms with Crippen LogP contribution in [0.4, 0.5) is 17.6 Å². The van der Waals surface area contributed by atoms with Crippen molar-refractivity contribution in [2.75, 3.05) is 0 Å². The van der Waals surface area contributed by atoms with E-state index >= 15 is 0 Å². The molecule has 1 aromatic carbocycles. The van der Waals surface area contributed by atoms with Crippen molar-refractivity contribution in [2.45, 2.75) is 70.1 Å². The Hall–Kier alpha value is -1.06. The second-order valence-electron chi connectivity index (χ2n) is 6.59. The summed E-state index contributed by atoms with van der Waals surface area (Å²) in [7, 11) is 0. The van der Waals surface area contributed by atoms with E-state index < -0.39 is 17.4 Å². The zero-order valence-corrected chi connectivity index (χ0v) is 13.2. The van der Waals surface area contributed by atoms with E-state index in [1.807, 2.05) is 0 Å². The number of alkyl halides is 4. The molecule has 0 bridgehead atoms. The smallest absolute Gasteiger partial charge is 0.200 e. The Morgan fingerprint density at radius 2 is 1.50 bits per heavy atom. The van der Waals surface area contributed by atoms with Gasteiger partial charge < -0.3 is 0 Å². The molecule has 0 aromatic heterocycles. The van der Waals surface area contributed by atoms with Gasteiger partial charge in [-0.25, -0.2) is 0 Å². The summed E-state index contributed by atoms with van der Waals surface area (Å²) in [5.41, 5.74) is 0.386. The Morgan fingerprint density at radius 3 is 1.95 bits per heavy atom. The lowest BCUT2D eigenvalue weighted by Gasteiger charge is -2.29. The van der Waals surface area contributed by atoms with E-state index in [0.29, 0.717) is 5.92 Å². The summed E-state index contributed by atoms with van der Waals surface area (Å²) in [4.78, 5) is 0. The fourth-order valence-corrected chi connectivity index (χ4v) is 3.41. The molecule has 0 amide bonds. The predicted molar refractivity (Wildman–Crippen MR) is 80.6 cm³/mol. The number of rotatable bonds is 5. The maximum atomic E-state index is 13.6. The van der Waals surface area contributed by atoms with Gasteiger partial charge in [0.15, 0.2) is 0 Å². The van der Waals surface area contributed by atoms with E-state index in [-0.39, 0.29) is 6.92 Å². The maximum absolute atomic E-state index is 13.6. The van der Waals surface area contributed by atoms with Crippen LogP contribution in [-0.2, 0) is 5.92 Å². The molecule has 1 aliphatic rings. The van der Waals surface area contributed by atoms with Gasteiger partial charge in [0, 0.05) is 12.5 Å². The molecule has 1 saturated carbocycles. The Balaban J connectivity index is 2.04. The van der Waals surface area contributed by atoms with Gasteiger partial charge in [-0.1, -0.05) is 44.0 Å². The van der Waals surface area contributed by atoms with Crippen LogP contribution in [0.15, 0.2) is 24.3 Å². The molecule has 22 heavy (non-hydrogen) atoms. The maximum Gasteiger partial charge on any atom is 0.335 e. The van der Waals surface area contributed by atoms with Crippen molar-refractivity contribution in [3.8, 4) is 0 Å². The third-order valence-electron chi connectivity index (χ3n) is 4.84. The molecule has 0 N–H and O–H groups in total. The largest absolute Gasteiger partial charge is 0.335 e. The van der Waals surface area contributed by atoms with Crippen LogP contribution in [0.5, 0.6) is 0 Å². The average molecular weight is 316 g/mol. The quantitative estimate of drug-likeness (QED) is 0.543. The van der Waals surface area contributed by atoms with E-state index in [4.69, 9.17) is 0 Å². The summed E-state index contributed by atoms with van der Waals surface area (Å²) >= 11 is 0. The minimum Gasteiger partial charge on any atom is -0.200 e. The highest BCUT2D eigenvalue weighted by Crippen LogP contribution is 2.43. The normalized spacial score (nSPS) is 23.5. The third kappa shape index (κ3) is 3.64. The lowest BCUT2D eigenvalue weighted by Crippen LogP contribution is -2.34. The minimum absolute atomic E-state index is 0.260. The molecule has 0 saturated heterocycles. The molecular formula is C18H24F4. The lowest BCUT2D eigenvalue weighted by molar-refractivity contribution is -0.204. The van der Waals surface area contributed by atoms with E-state index in [9.17, 15) is 17.6 Å². The van der Waals surface area contributed by atoms with E-state index in [2.05, 4.69) is 6.92 Å². The SMILES string of the molecule is CCC[C@H]1CC[C@H](c2ccc(C(F)(F)C(C)(F)F)cc2)CC1. The first-order valence-corrected chi connectivity index (χ1v) is 8.11. The van der Waals surface area contributed by atoms with Crippen molar-refractivity contribution < 1.29 is 17.6 Å². The molecule has 0 unspecified atom stereocenters. The summed E-state index contributed by atoms with van der Waals surface area (Å²) in [5, 5.41) is 0. The molecule has 124 valence electrons. The fraction of sp³-hybridized carbons (Fsp3) is 0.667. The van der Waals surface area contributed by atoms with Crippen molar-refractivity contribution in [3.05, 3.63) is 35.4 Å². The van der Waals surface area contributed by atoms with Gasteiger partial charge >= 0.3 is 11.8 Å². The van der Waals surface area contributed by atoms with Gasteiger partial charge in [-0.2, -0.15) is 17.6 Å². The molecule has 0 nitrogen and oxygen atoms in total. The molecule has 2 rings (SSSR count). The second-order valence-corrected chi connectivity index (χ2v) is 6.59. The summed E-state index contributed by atoms with van der Waals surface area (Å²) in [6.45, 7) is 2.45. The zero-order valence-electron chi connectivity index (χ0n) is 13.2. The molecule has 0 aliphatic heterocycles. The van der Waals surface area contributed by atoms with Gasteiger partial charge in [-0.15, -0.1) is 0 Å². The highest BCUT2D eigenvalue weighted by Gasteiger charge is 2.53. The molecule has 0 atom stereocenters. The Morgan fingerprint density at radius 1 is 0.955 bits per heavy atom. The van der Waals surface area contributed by atoms with Crippen molar-refractivity contribution in [1.29, 1.82) is 0 Å². The van der Waals surface area contributed by atoms with E-state index in [1.165, 1.54) is 25.7 Å². The first-order valence-electron chi connectivity index (χ1n) is 8.11. The van der Waals surface area contributed by atoms with Crippen LogP contribution in [0.1, 0.15) is 69.4 Å². The van der Waals surface area contributed by atoms with Crippen molar-refractivity contribution in [1.82, 2.24) is 0 Å². The highest BCUT2D eigenvalue weighted by molar-refractivity contribution is 5.29. The van der Waals surface area contributed by atoms with E-state index in [0.717, 1.165) is 36.5 Å². The van der Waals surface area contributed by atoms with Crippen molar-refractivity contribution >= 4 is 0 Å². The Bertz CT molecular complexity index is 465. The van der Waals surface area contributed by atoms with Crippen LogP contribution in [0.2, 0.25) is 0 Å². The Labute approximate surface area is 129 Å². The topological polar surface area (TPSA) is 0 Å². The molecule has 4 heteroatoms. The number of halogens is 4.